The predicted molar refractivity (Wildman–Crippen MR) is 37.8 cm³/mol. The second-order valence-electron chi connectivity index (χ2n) is 1.94. The van der Waals surface area contributed by atoms with Gasteiger partial charge in [-0.2, -0.15) is 0 Å². The Morgan fingerprint density at radius 3 is 2.80 bits per heavy atom. The van der Waals surface area contributed by atoms with Crippen molar-refractivity contribution in [2.75, 3.05) is 0 Å². The van der Waals surface area contributed by atoms with Crippen molar-refractivity contribution in [2.24, 2.45) is 5.73 Å². The predicted octanol–water partition coefficient (Wildman–Crippen LogP) is 0.0691. The van der Waals surface area contributed by atoms with Crippen LogP contribution in [0.4, 0.5) is 0 Å². The average molecular weight is 136 g/mol. The van der Waals surface area contributed by atoms with Crippen LogP contribution in [0.15, 0.2) is 12.5 Å². The Bertz CT molecular complexity index is 256. The number of amidine groups is 1. The molecule has 0 saturated carbocycles. The van der Waals surface area contributed by atoms with E-state index in [2.05, 4.69) is 9.97 Å². The molecule has 1 aromatic rings. The van der Waals surface area contributed by atoms with Gasteiger partial charge in [0.25, 0.3) is 0 Å². The number of nitrogens with one attached hydrogen (secondary N) is 1. The van der Waals surface area contributed by atoms with Crippen molar-refractivity contribution >= 4 is 5.84 Å². The molecular formula is C6H8N4. The van der Waals surface area contributed by atoms with Crippen LogP contribution in [-0.2, 0) is 0 Å². The SMILES string of the molecule is Cc1ncncc1C(=N)N. The lowest BCUT2D eigenvalue weighted by molar-refractivity contribution is 1.09. The van der Waals surface area contributed by atoms with Crippen molar-refractivity contribution in [2.45, 2.75) is 6.92 Å². The highest BCUT2D eigenvalue weighted by molar-refractivity contribution is 5.95. The van der Waals surface area contributed by atoms with E-state index in [9.17, 15) is 0 Å². The van der Waals surface area contributed by atoms with Crippen LogP contribution in [0.1, 0.15) is 11.3 Å². The molecule has 0 aliphatic rings. The molecule has 10 heavy (non-hydrogen) atoms. The summed E-state index contributed by atoms with van der Waals surface area (Å²) in [4.78, 5) is 7.60. The van der Waals surface area contributed by atoms with Crippen LogP contribution in [0.25, 0.3) is 0 Å². The fourth-order valence-electron chi connectivity index (χ4n) is 0.655. The van der Waals surface area contributed by atoms with Crippen molar-refractivity contribution in [3.05, 3.63) is 23.8 Å². The first-order valence-corrected chi connectivity index (χ1v) is 2.83. The second-order valence-corrected chi connectivity index (χ2v) is 1.94. The molecular weight excluding hydrogens is 128 g/mol. The molecule has 1 aromatic heterocycles. The molecule has 0 atom stereocenters. The molecule has 0 aliphatic heterocycles. The third-order valence-electron chi connectivity index (χ3n) is 1.20. The molecule has 0 radical (unpaired) electrons. The Morgan fingerprint density at radius 1 is 1.70 bits per heavy atom. The Labute approximate surface area is 58.6 Å². The van der Waals surface area contributed by atoms with Crippen molar-refractivity contribution in [1.29, 1.82) is 5.41 Å². The summed E-state index contributed by atoms with van der Waals surface area (Å²) in [5, 5.41) is 7.07. The largest absolute Gasteiger partial charge is 0.384 e. The molecule has 0 unspecified atom stereocenters. The zero-order valence-electron chi connectivity index (χ0n) is 5.63. The molecule has 0 aromatic carbocycles. The van der Waals surface area contributed by atoms with Crippen molar-refractivity contribution in [3.63, 3.8) is 0 Å². The number of hydrogen-bond donors (Lipinski definition) is 2. The lowest BCUT2D eigenvalue weighted by Gasteiger charge is -1.98. The molecule has 3 N–H and O–H groups in total. The van der Waals surface area contributed by atoms with E-state index in [4.69, 9.17) is 11.1 Å². The zero-order valence-corrected chi connectivity index (χ0v) is 5.63. The number of nitrogens with two attached hydrogens (primary N) is 1. The van der Waals surface area contributed by atoms with Gasteiger partial charge in [-0.05, 0) is 6.92 Å². The smallest absolute Gasteiger partial charge is 0.126 e. The third kappa shape index (κ3) is 1.10. The summed E-state index contributed by atoms with van der Waals surface area (Å²) in [5.41, 5.74) is 6.56. The van der Waals surface area contributed by atoms with Crippen LogP contribution in [0, 0.1) is 12.3 Å². The minimum absolute atomic E-state index is 0.0121. The molecule has 0 bridgehead atoms. The van der Waals surface area contributed by atoms with E-state index in [1.165, 1.54) is 12.5 Å². The van der Waals surface area contributed by atoms with Crippen LogP contribution in [0.3, 0.4) is 0 Å². The van der Waals surface area contributed by atoms with Gasteiger partial charge in [0, 0.05) is 6.20 Å². The molecule has 0 amide bonds. The molecule has 4 heteroatoms. The van der Waals surface area contributed by atoms with Gasteiger partial charge in [0.05, 0.1) is 11.3 Å². The van der Waals surface area contributed by atoms with Crippen LogP contribution in [-0.4, -0.2) is 15.8 Å². The van der Waals surface area contributed by atoms with Gasteiger partial charge in [-0.1, -0.05) is 0 Å². The maximum atomic E-state index is 7.07. The van der Waals surface area contributed by atoms with Gasteiger partial charge in [-0.15, -0.1) is 0 Å². The van der Waals surface area contributed by atoms with E-state index < -0.39 is 0 Å². The highest BCUT2D eigenvalue weighted by atomic mass is 14.8. The minimum atomic E-state index is 0.0121. The highest BCUT2D eigenvalue weighted by Crippen LogP contribution is 1.98. The summed E-state index contributed by atoms with van der Waals surface area (Å²) < 4.78 is 0. The van der Waals surface area contributed by atoms with Gasteiger partial charge in [-0.3, -0.25) is 5.41 Å². The Hall–Kier alpha value is -1.45. The van der Waals surface area contributed by atoms with Gasteiger partial charge < -0.3 is 5.73 Å². The van der Waals surface area contributed by atoms with E-state index in [0.29, 0.717) is 5.56 Å². The lowest BCUT2D eigenvalue weighted by atomic mass is 10.2. The summed E-state index contributed by atoms with van der Waals surface area (Å²) >= 11 is 0. The Kier molecular flexibility index (Phi) is 1.62. The average Bonchev–Trinajstić information content (AvgIpc) is 1.88. The first kappa shape index (κ1) is 6.67. The van der Waals surface area contributed by atoms with Crippen molar-refractivity contribution in [1.82, 2.24) is 9.97 Å². The van der Waals surface area contributed by atoms with Gasteiger partial charge in [0.15, 0.2) is 0 Å². The molecule has 0 fully saturated rings. The van der Waals surface area contributed by atoms with Gasteiger partial charge in [0.1, 0.15) is 12.2 Å². The zero-order chi connectivity index (χ0) is 7.56. The van der Waals surface area contributed by atoms with Gasteiger partial charge in [0.2, 0.25) is 0 Å². The fraction of sp³-hybridized carbons (Fsp3) is 0.167. The Morgan fingerprint density at radius 2 is 2.40 bits per heavy atom. The second kappa shape index (κ2) is 2.43. The third-order valence-corrected chi connectivity index (χ3v) is 1.20. The summed E-state index contributed by atoms with van der Waals surface area (Å²) in [7, 11) is 0. The maximum absolute atomic E-state index is 7.07. The minimum Gasteiger partial charge on any atom is -0.384 e. The number of aromatic nitrogens is 2. The summed E-state index contributed by atoms with van der Waals surface area (Å²) in [5.74, 6) is 0.0121. The lowest BCUT2D eigenvalue weighted by Crippen LogP contribution is -2.13. The maximum Gasteiger partial charge on any atom is 0.126 e. The normalized spacial score (nSPS) is 9.30. The number of hydrogen-bond acceptors (Lipinski definition) is 3. The highest BCUT2D eigenvalue weighted by Gasteiger charge is 1.99. The molecule has 1 heterocycles. The summed E-state index contributed by atoms with van der Waals surface area (Å²) in [6.07, 6.45) is 2.96. The molecule has 0 aliphatic carbocycles. The number of aryl methyl sites for hydroxylation is 1. The van der Waals surface area contributed by atoms with E-state index in [0.717, 1.165) is 5.69 Å². The van der Waals surface area contributed by atoms with Crippen molar-refractivity contribution < 1.29 is 0 Å². The summed E-state index contributed by atoms with van der Waals surface area (Å²) in [6.45, 7) is 1.79. The first-order valence-electron chi connectivity index (χ1n) is 2.83. The van der Waals surface area contributed by atoms with Gasteiger partial charge >= 0.3 is 0 Å². The molecule has 1 rings (SSSR count). The molecule has 52 valence electrons. The topological polar surface area (TPSA) is 75.7 Å². The fourth-order valence-corrected chi connectivity index (χ4v) is 0.655. The quantitative estimate of drug-likeness (QED) is 0.423. The van der Waals surface area contributed by atoms with Crippen LogP contribution in [0.2, 0.25) is 0 Å². The van der Waals surface area contributed by atoms with Crippen LogP contribution >= 0.6 is 0 Å². The number of nitrogens with zero attached hydrogens (tertiary/aromatic N) is 2. The first-order chi connectivity index (χ1) is 4.72. The van der Waals surface area contributed by atoms with Crippen LogP contribution in [0.5, 0.6) is 0 Å². The molecule has 0 spiro atoms. The van der Waals surface area contributed by atoms with E-state index in [1.807, 2.05) is 0 Å². The number of rotatable bonds is 1. The van der Waals surface area contributed by atoms with E-state index in [-0.39, 0.29) is 5.84 Å². The monoisotopic (exact) mass is 136 g/mol. The van der Waals surface area contributed by atoms with Crippen LogP contribution < -0.4 is 5.73 Å². The molecule has 4 nitrogen and oxygen atoms in total. The molecule has 0 saturated heterocycles. The standard InChI is InChI=1S/C6H8N4/c1-4-5(6(7)8)2-9-3-10-4/h2-3H,1H3,(H3,7,8). The van der Waals surface area contributed by atoms with E-state index >= 15 is 0 Å². The van der Waals surface area contributed by atoms with Gasteiger partial charge in [-0.25, -0.2) is 9.97 Å². The summed E-state index contributed by atoms with van der Waals surface area (Å²) in [6, 6.07) is 0. The Balaban J connectivity index is 3.15. The van der Waals surface area contributed by atoms with E-state index in [1.54, 1.807) is 6.92 Å². The van der Waals surface area contributed by atoms with Crippen molar-refractivity contribution in [3.8, 4) is 0 Å². The number of nitrogen functional groups attached to an aromatic ring is 1.